The van der Waals surface area contributed by atoms with Crippen LogP contribution in [0.3, 0.4) is 0 Å². The summed E-state index contributed by atoms with van der Waals surface area (Å²) in [6, 6.07) is 6.26. The standard InChI is InChI=1S/C14H22ClNO2S/c1-3-6-16-10(2)11-4-5-14(13(15)7-11)19-9-12(18)8-17/h4-5,7,10,12,16-18H,3,6,8-9H2,1-2H3. The molecule has 0 aliphatic heterocycles. The summed E-state index contributed by atoms with van der Waals surface area (Å²) in [5.41, 5.74) is 1.16. The maximum absolute atomic E-state index is 9.33. The van der Waals surface area contributed by atoms with E-state index >= 15 is 0 Å². The van der Waals surface area contributed by atoms with E-state index in [2.05, 4.69) is 19.2 Å². The predicted octanol–water partition coefficient (Wildman–Crippen LogP) is 2.85. The summed E-state index contributed by atoms with van der Waals surface area (Å²) in [4.78, 5) is 0.931. The van der Waals surface area contributed by atoms with E-state index in [0.29, 0.717) is 10.8 Å². The molecule has 0 bridgehead atoms. The third kappa shape index (κ3) is 5.71. The van der Waals surface area contributed by atoms with Crippen molar-refractivity contribution in [2.45, 2.75) is 37.3 Å². The first-order valence-electron chi connectivity index (χ1n) is 6.53. The molecular formula is C14H22ClNO2S. The van der Waals surface area contributed by atoms with Gasteiger partial charge < -0.3 is 15.5 Å². The van der Waals surface area contributed by atoms with Crippen LogP contribution in [-0.4, -0.2) is 35.2 Å². The van der Waals surface area contributed by atoms with E-state index in [1.165, 1.54) is 11.8 Å². The second kappa shape index (κ2) is 8.82. The van der Waals surface area contributed by atoms with Crippen LogP contribution in [0.15, 0.2) is 23.1 Å². The minimum Gasteiger partial charge on any atom is -0.394 e. The molecule has 0 heterocycles. The number of thioether (sulfide) groups is 1. The maximum Gasteiger partial charge on any atom is 0.0864 e. The third-order valence-electron chi connectivity index (χ3n) is 2.80. The molecule has 5 heteroatoms. The normalized spacial score (nSPS) is 14.4. The van der Waals surface area contributed by atoms with Crippen LogP contribution < -0.4 is 5.32 Å². The molecule has 1 aromatic rings. The summed E-state index contributed by atoms with van der Waals surface area (Å²) < 4.78 is 0. The topological polar surface area (TPSA) is 52.5 Å². The lowest BCUT2D eigenvalue weighted by Gasteiger charge is -2.15. The van der Waals surface area contributed by atoms with Crippen molar-refractivity contribution in [3.05, 3.63) is 28.8 Å². The monoisotopic (exact) mass is 303 g/mol. The second-order valence-corrected chi connectivity index (χ2v) is 5.98. The average Bonchev–Trinajstić information content (AvgIpc) is 2.42. The summed E-state index contributed by atoms with van der Waals surface area (Å²) in [6.07, 6.45) is 0.399. The molecule has 0 spiro atoms. The summed E-state index contributed by atoms with van der Waals surface area (Å²) in [6.45, 7) is 5.02. The number of rotatable bonds is 8. The van der Waals surface area contributed by atoms with E-state index in [1.807, 2.05) is 18.2 Å². The molecule has 0 amide bonds. The molecule has 0 fully saturated rings. The molecule has 3 nitrogen and oxygen atoms in total. The molecule has 1 aromatic carbocycles. The van der Waals surface area contributed by atoms with Gasteiger partial charge in [-0.05, 0) is 37.6 Å². The molecule has 0 aliphatic carbocycles. The molecule has 1 rings (SSSR count). The van der Waals surface area contributed by atoms with Gasteiger partial charge in [0.15, 0.2) is 0 Å². The first-order valence-corrected chi connectivity index (χ1v) is 7.89. The van der Waals surface area contributed by atoms with E-state index in [1.54, 1.807) is 0 Å². The zero-order valence-electron chi connectivity index (χ0n) is 11.4. The Balaban J connectivity index is 2.63. The van der Waals surface area contributed by atoms with Crippen LogP contribution in [-0.2, 0) is 0 Å². The van der Waals surface area contributed by atoms with Crippen molar-refractivity contribution in [2.24, 2.45) is 0 Å². The van der Waals surface area contributed by atoms with Crippen molar-refractivity contribution >= 4 is 23.4 Å². The Kier molecular flexibility index (Phi) is 7.80. The van der Waals surface area contributed by atoms with Crippen LogP contribution in [0.5, 0.6) is 0 Å². The Morgan fingerprint density at radius 3 is 2.74 bits per heavy atom. The van der Waals surface area contributed by atoms with E-state index in [0.717, 1.165) is 23.4 Å². The highest BCUT2D eigenvalue weighted by Gasteiger charge is 2.09. The molecule has 0 saturated heterocycles. The van der Waals surface area contributed by atoms with Crippen molar-refractivity contribution in [3.8, 4) is 0 Å². The summed E-state index contributed by atoms with van der Waals surface area (Å²) in [5, 5.41) is 22.2. The van der Waals surface area contributed by atoms with Gasteiger partial charge in [-0.2, -0.15) is 0 Å². The number of aliphatic hydroxyl groups excluding tert-OH is 2. The molecule has 0 aliphatic rings. The van der Waals surface area contributed by atoms with E-state index in [-0.39, 0.29) is 12.6 Å². The Labute approximate surface area is 124 Å². The molecule has 2 atom stereocenters. The van der Waals surface area contributed by atoms with Gasteiger partial charge in [0.1, 0.15) is 0 Å². The van der Waals surface area contributed by atoms with Gasteiger partial charge >= 0.3 is 0 Å². The van der Waals surface area contributed by atoms with Gasteiger partial charge in [-0.25, -0.2) is 0 Å². The average molecular weight is 304 g/mol. The zero-order chi connectivity index (χ0) is 14.3. The summed E-state index contributed by atoms with van der Waals surface area (Å²) >= 11 is 7.70. The van der Waals surface area contributed by atoms with E-state index < -0.39 is 6.10 Å². The lowest BCUT2D eigenvalue weighted by Crippen LogP contribution is -2.19. The molecule has 19 heavy (non-hydrogen) atoms. The van der Waals surface area contributed by atoms with Gasteiger partial charge in [-0.1, -0.05) is 24.6 Å². The third-order valence-corrected chi connectivity index (χ3v) is 4.44. The summed E-state index contributed by atoms with van der Waals surface area (Å²) in [7, 11) is 0. The zero-order valence-corrected chi connectivity index (χ0v) is 13.0. The number of hydrogen-bond donors (Lipinski definition) is 3. The van der Waals surface area contributed by atoms with Crippen LogP contribution in [0.2, 0.25) is 5.02 Å². The maximum atomic E-state index is 9.33. The first kappa shape index (κ1) is 16.8. The van der Waals surface area contributed by atoms with Crippen molar-refractivity contribution < 1.29 is 10.2 Å². The van der Waals surface area contributed by atoms with Crippen molar-refractivity contribution in [3.63, 3.8) is 0 Å². The molecule has 3 N–H and O–H groups in total. The number of benzene rings is 1. The molecule has 0 radical (unpaired) electrons. The van der Waals surface area contributed by atoms with Crippen LogP contribution in [0.4, 0.5) is 0 Å². The molecule has 108 valence electrons. The number of aliphatic hydroxyl groups is 2. The number of nitrogens with one attached hydrogen (secondary N) is 1. The van der Waals surface area contributed by atoms with Gasteiger partial charge in [-0.15, -0.1) is 11.8 Å². The van der Waals surface area contributed by atoms with Crippen LogP contribution >= 0.6 is 23.4 Å². The Hall–Kier alpha value is -0.260. The van der Waals surface area contributed by atoms with Gasteiger partial charge in [0.2, 0.25) is 0 Å². The highest BCUT2D eigenvalue weighted by Crippen LogP contribution is 2.30. The fourth-order valence-corrected chi connectivity index (χ4v) is 2.81. The fraction of sp³-hybridized carbons (Fsp3) is 0.571. The summed E-state index contributed by atoms with van der Waals surface area (Å²) in [5.74, 6) is 0.444. The van der Waals surface area contributed by atoms with Crippen molar-refractivity contribution in [1.29, 1.82) is 0 Å². The van der Waals surface area contributed by atoms with Crippen molar-refractivity contribution in [1.82, 2.24) is 5.32 Å². The minimum absolute atomic E-state index is 0.222. The minimum atomic E-state index is -0.703. The van der Waals surface area contributed by atoms with Gasteiger partial charge in [0, 0.05) is 16.7 Å². The molecule has 0 aromatic heterocycles. The SMILES string of the molecule is CCCNC(C)c1ccc(SCC(O)CO)c(Cl)c1. The van der Waals surface area contributed by atoms with Crippen molar-refractivity contribution in [2.75, 3.05) is 18.9 Å². The lowest BCUT2D eigenvalue weighted by molar-refractivity contribution is 0.113. The van der Waals surface area contributed by atoms with Crippen LogP contribution in [0, 0.1) is 0 Å². The quantitative estimate of drug-likeness (QED) is 0.646. The van der Waals surface area contributed by atoms with Gasteiger partial charge in [-0.3, -0.25) is 0 Å². The molecular weight excluding hydrogens is 282 g/mol. The van der Waals surface area contributed by atoms with Gasteiger partial charge in [0.25, 0.3) is 0 Å². The molecule has 0 saturated carbocycles. The van der Waals surface area contributed by atoms with E-state index in [9.17, 15) is 5.11 Å². The Morgan fingerprint density at radius 1 is 1.42 bits per heavy atom. The van der Waals surface area contributed by atoms with Crippen LogP contribution in [0.25, 0.3) is 0 Å². The Morgan fingerprint density at radius 2 is 2.16 bits per heavy atom. The fourth-order valence-electron chi connectivity index (χ4n) is 1.62. The number of hydrogen-bond acceptors (Lipinski definition) is 4. The highest BCUT2D eigenvalue weighted by atomic mass is 35.5. The van der Waals surface area contributed by atoms with Crippen LogP contribution in [0.1, 0.15) is 31.9 Å². The Bertz CT molecular complexity index is 390. The number of halogens is 1. The van der Waals surface area contributed by atoms with Gasteiger partial charge in [0.05, 0.1) is 17.7 Å². The predicted molar refractivity (Wildman–Crippen MR) is 82.0 cm³/mol. The largest absolute Gasteiger partial charge is 0.394 e. The molecule has 2 unspecified atom stereocenters. The smallest absolute Gasteiger partial charge is 0.0864 e. The second-order valence-electron chi connectivity index (χ2n) is 4.51. The lowest BCUT2D eigenvalue weighted by atomic mass is 10.1. The highest BCUT2D eigenvalue weighted by molar-refractivity contribution is 7.99. The first-order chi connectivity index (χ1) is 9.08. The van der Waals surface area contributed by atoms with E-state index in [4.69, 9.17) is 16.7 Å².